The van der Waals surface area contributed by atoms with Gasteiger partial charge in [-0.3, -0.25) is 0 Å². The van der Waals surface area contributed by atoms with Crippen molar-refractivity contribution in [3.05, 3.63) is 29.6 Å². The van der Waals surface area contributed by atoms with Crippen LogP contribution in [-0.2, 0) is 11.3 Å². The summed E-state index contributed by atoms with van der Waals surface area (Å²) in [5.74, 6) is 0.455. The zero-order chi connectivity index (χ0) is 23.2. The van der Waals surface area contributed by atoms with E-state index in [1.807, 2.05) is 35.8 Å². The fraction of sp³-hybridized carbons (Fsp3) is 0.731. The number of hydrogen-bond acceptors (Lipinski definition) is 4. The van der Waals surface area contributed by atoms with Gasteiger partial charge < -0.3 is 24.8 Å². The van der Waals surface area contributed by atoms with E-state index in [1.54, 1.807) is 6.07 Å². The second-order valence-corrected chi connectivity index (χ2v) is 10.3. The quantitative estimate of drug-likeness (QED) is 0.714. The number of hydrogen-bond donors (Lipinski definition) is 1. The Kier molecular flexibility index (Phi) is 8.47. The lowest BCUT2D eigenvalue weighted by Crippen LogP contribution is -2.46. The number of benzene rings is 1. The molecule has 0 aliphatic carbocycles. The van der Waals surface area contributed by atoms with Crippen LogP contribution in [0.25, 0.3) is 0 Å². The Morgan fingerprint density at radius 3 is 2.33 bits per heavy atom. The molecule has 0 bridgehead atoms. The first kappa shape index (κ1) is 24.3. The van der Waals surface area contributed by atoms with Gasteiger partial charge in [0.2, 0.25) is 0 Å². The van der Waals surface area contributed by atoms with E-state index in [4.69, 9.17) is 4.74 Å². The number of nitrogens with zero attached hydrogens (tertiary/aromatic N) is 3. The third kappa shape index (κ3) is 6.82. The first-order chi connectivity index (χ1) is 16.0. The maximum absolute atomic E-state index is 14.8. The van der Waals surface area contributed by atoms with E-state index in [0.717, 1.165) is 31.5 Å². The van der Waals surface area contributed by atoms with Gasteiger partial charge in [0.25, 0.3) is 0 Å². The Morgan fingerprint density at radius 2 is 1.70 bits per heavy atom. The normalized spacial score (nSPS) is 25.7. The summed E-state index contributed by atoms with van der Waals surface area (Å²) in [6, 6.07) is 5.25. The maximum atomic E-state index is 14.8. The molecule has 7 heteroatoms. The minimum atomic E-state index is -0.239. The van der Waals surface area contributed by atoms with E-state index >= 15 is 0 Å². The van der Waals surface area contributed by atoms with Crippen molar-refractivity contribution in [2.24, 2.45) is 5.92 Å². The predicted molar refractivity (Wildman–Crippen MR) is 130 cm³/mol. The molecule has 2 amide bonds. The Labute approximate surface area is 198 Å². The molecule has 6 nitrogen and oxygen atoms in total. The molecule has 1 N–H and O–H groups in total. The molecule has 4 rings (SSSR count). The zero-order valence-corrected chi connectivity index (χ0v) is 20.4. The highest BCUT2D eigenvalue weighted by molar-refractivity contribution is 5.74. The molecule has 1 aromatic carbocycles. The lowest BCUT2D eigenvalue weighted by molar-refractivity contribution is -0.00539. The van der Waals surface area contributed by atoms with Crippen molar-refractivity contribution in [1.29, 1.82) is 0 Å². The molecule has 1 aromatic rings. The van der Waals surface area contributed by atoms with Crippen molar-refractivity contribution in [1.82, 2.24) is 15.1 Å². The summed E-state index contributed by atoms with van der Waals surface area (Å²) in [5, 5.41) is 2.99. The first-order valence-electron chi connectivity index (χ1n) is 12.9. The molecule has 0 aromatic heterocycles. The van der Waals surface area contributed by atoms with E-state index < -0.39 is 0 Å². The number of halogens is 1. The van der Waals surface area contributed by atoms with E-state index in [9.17, 15) is 9.18 Å². The molecule has 3 fully saturated rings. The molecule has 3 saturated heterocycles. The standard InChI is InChI=1S/C26H41FN4O2/c1-20-17-31(18-21(2)33-20)25-8-7-23(15-24(25)27)16-28-26(32)30-13-9-22(10-14-30)19-29-11-5-3-4-6-12-29/h7-8,15,20-22H,3-6,9-14,16-19H2,1-2H3,(H,28,32). The summed E-state index contributed by atoms with van der Waals surface area (Å²) in [6.07, 6.45) is 7.70. The smallest absolute Gasteiger partial charge is 0.317 e. The number of piperidine rings is 1. The number of carbonyl (C=O) groups is 1. The molecule has 3 aliphatic rings. The van der Waals surface area contributed by atoms with Crippen LogP contribution in [0.1, 0.15) is 57.9 Å². The highest BCUT2D eigenvalue weighted by atomic mass is 19.1. The minimum absolute atomic E-state index is 0.0384. The minimum Gasteiger partial charge on any atom is -0.372 e. The number of urea groups is 1. The monoisotopic (exact) mass is 460 g/mol. The number of nitrogens with one attached hydrogen (secondary N) is 1. The highest BCUT2D eigenvalue weighted by Crippen LogP contribution is 2.25. The first-order valence-corrected chi connectivity index (χ1v) is 12.9. The summed E-state index contributed by atoms with van der Waals surface area (Å²) >= 11 is 0. The fourth-order valence-electron chi connectivity index (χ4n) is 5.58. The molecule has 3 aliphatic heterocycles. The lowest BCUT2D eigenvalue weighted by Gasteiger charge is -2.37. The molecule has 0 spiro atoms. The van der Waals surface area contributed by atoms with Crippen LogP contribution in [0.4, 0.5) is 14.9 Å². The summed E-state index contributed by atoms with van der Waals surface area (Å²) < 4.78 is 20.6. The van der Waals surface area contributed by atoms with Gasteiger partial charge in [0.1, 0.15) is 5.82 Å². The van der Waals surface area contributed by atoms with Crippen LogP contribution < -0.4 is 10.2 Å². The molecule has 0 saturated carbocycles. The van der Waals surface area contributed by atoms with Crippen LogP contribution in [0.15, 0.2) is 18.2 Å². The summed E-state index contributed by atoms with van der Waals surface area (Å²) in [7, 11) is 0. The maximum Gasteiger partial charge on any atom is 0.317 e. The van der Waals surface area contributed by atoms with Gasteiger partial charge in [-0.05, 0) is 76.2 Å². The van der Waals surface area contributed by atoms with Crippen molar-refractivity contribution in [3.63, 3.8) is 0 Å². The molecule has 33 heavy (non-hydrogen) atoms. The van der Waals surface area contributed by atoms with Gasteiger partial charge in [0, 0.05) is 39.3 Å². The van der Waals surface area contributed by atoms with E-state index in [1.165, 1.54) is 45.3 Å². The van der Waals surface area contributed by atoms with Crippen LogP contribution in [0.5, 0.6) is 0 Å². The third-order valence-electron chi connectivity index (χ3n) is 7.33. The Balaban J connectivity index is 1.22. The number of amides is 2. The van der Waals surface area contributed by atoms with E-state index in [2.05, 4.69) is 10.2 Å². The topological polar surface area (TPSA) is 48.1 Å². The SMILES string of the molecule is CC1CN(c2ccc(CNC(=O)N3CCC(CN4CCCCCC4)CC3)cc2F)CC(C)O1. The summed E-state index contributed by atoms with van der Waals surface area (Å²) in [6.45, 7) is 11.0. The van der Waals surface area contributed by atoms with Gasteiger partial charge in [0.05, 0.1) is 17.9 Å². The molecule has 2 atom stereocenters. The Bertz CT molecular complexity index is 766. The van der Waals surface area contributed by atoms with Gasteiger partial charge >= 0.3 is 6.03 Å². The molecule has 0 radical (unpaired) electrons. The van der Waals surface area contributed by atoms with E-state index in [0.29, 0.717) is 31.2 Å². The number of rotatable bonds is 5. The van der Waals surface area contributed by atoms with Crippen molar-refractivity contribution in [2.45, 2.75) is 71.1 Å². The molecular weight excluding hydrogens is 419 g/mol. The average Bonchev–Trinajstić information content (AvgIpc) is 3.06. The largest absolute Gasteiger partial charge is 0.372 e. The van der Waals surface area contributed by atoms with Gasteiger partial charge in [0.15, 0.2) is 0 Å². The number of anilines is 1. The van der Waals surface area contributed by atoms with Crippen molar-refractivity contribution in [2.75, 3.05) is 50.7 Å². The van der Waals surface area contributed by atoms with Crippen LogP contribution >= 0.6 is 0 Å². The second-order valence-electron chi connectivity index (χ2n) is 10.3. The van der Waals surface area contributed by atoms with Gasteiger partial charge in [-0.25, -0.2) is 9.18 Å². The zero-order valence-electron chi connectivity index (χ0n) is 20.4. The van der Waals surface area contributed by atoms with Gasteiger partial charge in [-0.1, -0.05) is 18.9 Å². The Hall–Kier alpha value is -1.86. The van der Waals surface area contributed by atoms with Crippen LogP contribution in [0.2, 0.25) is 0 Å². The molecule has 2 unspecified atom stereocenters. The third-order valence-corrected chi connectivity index (χ3v) is 7.33. The molecule has 3 heterocycles. The van der Waals surface area contributed by atoms with Crippen molar-refractivity contribution in [3.8, 4) is 0 Å². The number of likely N-dealkylation sites (tertiary alicyclic amines) is 2. The van der Waals surface area contributed by atoms with Gasteiger partial charge in [-0.2, -0.15) is 0 Å². The van der Waals surface area contributed by atoms with Gasteiger partial charge in [-0.15, -0.1) is 0 Å². The fourth-order valence-corrected chi connectivity index (χ4v) is 5.58. The Morgan fingerprint density at radius 1 is 1.03 bits per heavy atom. The second kappa shape index (κ2) is 11.5. The predicted octanol–water partition coefficient (Wildman–Crippen LogP) is 4.24. The van der Waals surface area contributed by atoms with E-state index in [-0.39, 0.29) is 24.1 Å². The summed E-state index contributed by atoms with van der Waals surface area (Å²) in [4.78, 5) is 19.3. The molecular formula is C26H41FN4O2. The van der Waals surface area contributed by atoms with Crippen LogP contribution in [0, 0.1) is 11.7 Å². The van der Waals surface area contributed by atoms with Crippen LogP contribution in [0.3, 0.4) is 0 Å². The molecule has 184 valence electrons. The average molecular weight is 461 g/mol. The van der Waals surface area contributed by atoms with Crippen LogP contribution in [-0.4, -0.2) is 73.9 Å². The lowest BCUT2D eigenvalue weighted by atomic mass is 9.96. The number of morpholine rings is 1. The summed E-state index contributed by atoms with van der Waals surface area (Å²) in [5.41, 5.74) is 1.40. The van der Waals surface area contributed by atoms with Crippen molar-refractivity contribution >= 4 is 11.7 Å². The number of carbonyl (C=O) groups excluding carboxylic acids is 1. The van der Waals surface area contributed by atoms with Crippen molar-refractivity contribution < 1.29 is 13.9 Å². The highest BCUT2D eigenvalue weighted by Gasteiger charge is 2.26. The number of ether oxygens (including phenoxy) is 1.